The smallest absolute Gasteiger partial charge is 0.147 e. The van der Waals surface area contributed by atoms with Crippen LogP contribution in [0.1, 0.15) is 13.8 Å². The van der Waals surface area contributed by atoms with Crippen LogP contribution in [0.25, 0.3) is 0 Å². The fourth-order valence-electron chi connectivity index (χ4n) is 2.07. The van der Waals surface area contributed by atoms with Crippen LogP contribution in [0.4, 0.5) is 10.1 Å². The van der Waals surface area contributed by atoms with Gasteiger partial charge in [-0.05, 0) is 32.0 Å². The summed E-state index contributed by atoms with van der Waals surface area (Å²) < 4.78 is 13.8. The quantitative estimate of drug-likeness (QED) is 0.815. The molecule has 1 aromatic rings. The van der Waals surface area contributed by atoms with Crippen molar-refractivity contribution in [3.63, 3.8) is 0 Å². The minimum absolute atomic E-state index is 0.242. The molecule has 16 heavy (non-hydrogen) atoms. The SMILES string of the molecule is CC1CN(c2ccc(Cl)cc2F)C(C)CN1. The molecule has 1 saturated heterocycles. The molecule has 0 spiro atoms. The van der Waals surface area contributed by atoms with E-state index >= 15 is 0 Å². The lowest BCUT2D eigenvalue weighted by Crippen LogP contribution is -2.54. The Morgan fingerprint density at radius 2 is 2.19 bits per heavy atom. The number of anilines is 1. The average molecular weight is 243 g/mol. The lowest BCUT2D eigenvalue weighted by molar-refractivity contribution is 0.420. The second-order valence-electron chi connectivity index (χ2n) is 4.41. The van der Waals surface area contributed by atoms with Crippen LogP contribution in [-0.2, 0) is 0 Å². The minimum Gasteiger partial charge on any atom is -0.364 e. The third kappa shape index (κ3) is 2.30. The number of benzene rings is 1. The monoisotopic (exact) mass is 242 g/mol. The number of nitrogens with one attached hydrogen (secondary N) is 1. The first kappa shape index (κ1) is 11.7. The molecule has 0 saturated carbocycles. The van der Waals surface area contributed by atoms with Gasteiger partial charge in [0.15, 0.2) is 0 Å². The van der Waals surface area contributed by atoms with E-state index in [1.807, 2.05) is 0 Å². The van der Waals surface area contributed by atoms with E-state index in [1.54, 1.807) is 12.1 Å². The van der Waals surface area contributed by atoms with Crippen molar-refractivity contribution in [3.8, 4) is 0 Å². The van der Waals surface area contributed by atoms with Gasteiger partial charge in [-0.3, -0.25) is 0 Å². The normalized spacial score (nSPS) is 25.9. The lowest BCUT2D eigenvalue weighted by Gasteiger charge is -2.39. The molecular weight excluding hydrogens is 227 g/mol. The van der Waals surface area contributed by atoms with E-state index in [-0.39, 0.29) is 5.82 Å². The zero-order chi connectivity index (χ0) is 11.7. The van der Waals surface area contributed by atoms with Crippen LogP contribution in [0.5, 0.6) is 0 Å². The van der Waals surface area contributed by atoms with Crippen LogP contribution in [0.2, 0.25) is 5.02 Å². The van der Waals surface area contributed by atoms with E-state index in [4.69, 9.17) is 11.6 Å². The molecule has 0 radical (unpaired) electrons. The predicted molar refractivity (Wildman–Crippen MR) is 65.7 cm³/mol. The average Bonchev–Trinajstić information content (AvgIpc) is 2.22. The highest BCUT2D eigenvalue weighted by molar-refractivity contribution is 6.30. The standard InChI is InChI=1S/C12H16ClFN2/c1-8-7-16(9(2)6-15-8)12-4-3-10(13)5-11(12)14/h3-5,8-9,15H,6-7H2,1-2H3. The summed E-state index contributed by atoms with van der Waals surface area (Å²) in [5, 5.41) is 3.81. The van der Waals surface area contributed by atoms with Gasteiger partial charge < -0.3 is 10.2 Å². The molecule has 2 unspecified atom stereocenters. The van der Waals surface area contributed by atoms with Crippen LogP contribution >= 0.6 is 11.6 Å². The van der Waals surface area contributed by atoms with Crippen LogP contribution in [0, 0.1) is 5.82 Å². The summed E-state index contributed by atoms with van der Waals surface area (Å²) in [7, 11) is 0. The van der Waals surface area contributed by atoms with E-state index in [2.05, 4.69) is 24.1 Å². The van der Waals surface area contributed by atoms with Gasteiger partial charge in [0.05, 0.1) is 5.69 Å². The van der Waals surface area contributed by atoms with Crippen LogP contribution < -0.4 is 10.2 Å². The van der Waals surface area contributed by atoms with Gasteiger partial charge >= 0.3 is 0 Å². The second kappa shape index (κ2) is 4.60. The molecule has 0 bridgehead atoms. The zero-order valence-corrected chi connectivity index (χ0v) is 10.3. The molecule has 2 nitrogen and oxygen atoms in total. The fraction of sp³-hybridized carbons (Fsp3) is 0.500. The van der Waals surface area contributed by atoms with Gasteiger partial charge in [0, 0.05) is 30.2 Å². The number of piperazine rings is 1. The van der Waals surface area contributed by atoms with Crippen molar-refractivity contribution < 1.29 is 4.39 Å². The van der Waals surface area contributed by atoms with Crippen LogP contribution in [0.3, 0.4) is 0 Å². The van der Waals surface area contributed by atoms with Crippen molar-refractivity contribution >= 4 is 17.3 Å². The van der Waals surface area contributed by atoms with Crippen LogP contribution in [-0.4, -0.2) is 25.2 Å². The Bertz CT molecular complexity index is 383. The summed E-state index contributed by atoms with van der Waals surface area (Å²) in [6.07, 6.45) is 0. The zero-order valence-electron chi connectivity index (χ0n) is 9.50. The molecule has 1 aliphatic rings. The first-order valence-electron chi connectivity index (χ1n) is 5.53. The highest BCUT2D eigenvalue weighted by Crippen LogP contribution is 2.25. The summed E-state index contributed by atoms with van der Waals surface area (Å²) in [5.41, 5.74) is 0.644. The summed E-state index contributed by atoms with van der Waals surface area (Å²) in [4.78, 5) is 2.09. The van der Waals surface area contributed by atoms with E-state index in [0.717, 1.165) is 13.1 Å². The van der Waals surface area contributed by atoms with Gasteiger partial charge in [-0.1, -0.05) is 11.6 Å². The fourth-order valence-corrected chi connectivity index (χ4v) is 2.23. The van der Waals surface area contributed by atoms with Crippen LogP contribution in [0.15, 0.2) is 18.2 Å². The molecule has 88 valence electrons. The molecule has 0 aliphatic carbocycles. The van der Waals surface area contributed by atoms with Gasteiger partial charge in [-0.25, -0.2) is 4.39 Å². The molecule has 4 heteroatoms. The maximum atomic E-state index is 13.8. The Morgan fingerprint density at radius 1 is 1.44 bits per heavy atom. The Labute approximate surface area is 100 Å². The van der Waals surface area contributed by atoms with E-state index < -0.39 is 0 Å². The molecule has 2 rings (SSSR count). The molecule has 0 amide bonds. The third-order valence-electron chi connectivity index (χ3n) is 2.98. The molecule has 1 fully saturated rings. The first-order chi connectivity index (χ1) is 7.58. The molecule has 1 aromatic carbocycles. The minimum atomic E-state index is -0.242. The van der Waals surface area contributed by atoms with E-state index in [1.165, 1.54) is 6.07 Å². The first-order valence-corrected chi connectivity index (χ1v) is 5.91. The van der Waals surface area contributed by atoms with Gasteiger partial charge in [0.1, 0.15) is 5.82 Å². The van der Waals surface area contributed by atoms with Crippen molar-refractivity contribution in [2.24, 2.45) is 0 Å². The van der Waals surface area contributed by atoms with Crippen molar-refractivity contribution in [1.82, 2.24) is 5.32 Å². The molecular formula is C12H16ClFN2. The highest BCUT2D eigenvalue weighted by atomic mass is 35.5. The molecule has 0 aromatic heterocycles. The number of halogens is 2. The van der Waals surface area contributed by atoms with Gasteiger partial charge in [0.2, 0.25) is 0 Å². The van der Waals surface area contributed by atoms with Crippen molar-refractivity contribution in [3.05, 3.63) is 29.0 Å². The van der Waals surface area contributed by atoms with E-state index in [0.29, 0.717) is 22.8 Å². The van der Waals surface area contributed by atoms with Gasteiger partial charge in [0.25, 0.3) is 0 Å². The summed E-state index contributed by atoms with van der Waals surface area (Å²) in [5.74, 6) is -0.242. The summed E-state index contributed by atoms with van der Waals surface area (Å²) in [6, 6.07) is 5.54. The Morgan fingerprint density at radius 3 is 2.88 bits per heavy atom. The molecule has 2 atom stereocenters. The second-order valence-corrected chi connectivity index (χ2v) is 4.84. The molecule has 1 heterocycles. The summed E-state index contributed by atoms with van der Waals surface area (Å²) >= 11 is 5.75. The third-order valence-corrected chi connectivity index (χ3v) is 3.22. The number of hydrogen-bond acceptors (Lipinski definition) is 2. The number of hydrogen-bond donors (Lipinski definition) is 1. The largest absolute Gasteiger partial charge is 0.364 e. The molecule has 1 N–H and O–H groups in total. The highest BCUT2D eigenvalue weighted by Gasteiger charge is 2.24. The van der Waals surface area contributed by atoms with Crippen molar-refractivity contribution in [2.45, 2.75) is 25.9 Å². The van der Waals surface area contributed by atoms with Gasteiger partial charge in [-0.2, -0.15) is 0 Å². The van der Waals surface area contributed by atoms with Crippen molar-refractivity contribution in [2.75, 3.05) is 18.0 Å². The maximum absolute atomic E-state index is 13.8. The lowest BCUT2D eigenvalue weighted by atomic mass is 10.1. The van der Waals surface area contributed by atoms with Gasteiger partial charge in [-0.15, -0.1) is 0 Å². The van der Waals surface area contributed by atoms with Crippen molar-refractivity contribution in [1.29, 1.82) is 0 Å². The Kier molecular flexibility index (Phi) is 3.36. The number of rotatable bonds is 1. The topological polar surface area (TPSA) is 15.3 Å². The summed E-state index contributed by atoms with van der Waals surface area (Å²) in [6.45, 7) is 5.89. The number of nitrogens with zero attached hydrogens (tertiary/aromatic N) is 1. The Balaban J connectivity index is 2.28. The molecule has 1 aliphatic heterocycles. The predicted octanol–water partition coefficient (Wildman–Crippen LogP) is 2.67. The Hall–Kier alpha value is -0.800. The maximum Gasteiger partial charge on any atom is 0.147 e. The van der Waals surface area contributed by atoms with E-state index in [9.17, 15) is 4.39 Å².